The third-order valence-corrected chi connectivity index (χ3v) is 5.54. The molecule has 0 rings (SSSR count). The number of hydrogen-bond acceptors (Lipinski definition) is 3. The molecule has 0 aliphatic rings. The zero-order valence-corrected chi connectivity index (χ0v) is 18.3. The smallest absolute Gasteiger partial charge is 0.0842 e. The molecule has 4 heteroatoms. The van der Waals surface area contributed by atoms with Crippen LogP contribution in [0, 0.1) is 0 Å². The molecule has 0 saturated heterocycles. The molecule has 26 heavy (non-hydrogen) atoms. The van der Waals surface area contributed by atoms with Crippen molar-refractivity contribution in [2.45, 2.75) is 135 Å². The summed E-state index contributed by atoms with van der Waals surface area (Å²) in [6.07, 6.45) is 27.1. The lowest BCUT2D eigenvalue weighted by Gasteiger charge is -2.05. The first kappa shape index (κ1) is 26.1. The highest BCUT2D eigenvalue weighted by molar-refractivity contribution is 7.74. The molecule has 0 bridgehead atoms. The Morgan fingerprint density at radius 1 is 0.538 bits per heavy atom. The van der Waals surface area contributed by atoms with E-state index in [0.717, 1.165) is 12.8 Å². The summed E-state index contributed by atoms with van der Waals surface area (Å²) in [6.45, 7) is 2.63. The summed E-state index contributed by atoms with van der Waals surface area (Å²) in [5.74, 6) is 0. The molecule has 0 aromatic rings. The summed E-state index contributed by atoms with van der Waals surface area (Å²) in [4.78, 5) is 0. The quantitative estimate of drug-likeness (QED) is 0.141. The van der Waals surface area contributed by atoms with Crippen LogP contribution in [0.3, 0.4) is 0 Å². The molecule has 3 nitrogen and oxygen atoms in total. The van der Waals surface area contributed by atoms with Crippen molar-refractivity contribution in [1.29, 1.82) is 0 Å². The van der Waals surface area contributed by atoms with Crippen molar-refractivity contribution in [3.8, 4) is 0 Å². The average molecular weight is 390 g/mol. The second kappa shape index (κ2) is 23.1. The molecule has 0 aromatic carbocycles. The zero-order chi connectivity index (χ0) is 19.1. The molecule has 0 heterocycles. The fourth-order valence-electron chi connectivity index (χ4n) is 3.48. The molecular weight excluding hydrogens is 344 g/mol. The van der Waals surface area contributed by atoms with Crippen LogP contribution in [0.25, 0.3) is 0 Å². The Morgan fingerprint density at radius 2 is 0.808 bits per heavy atom. The van der Waals surface area contributed by atoms with Gasteiger partial charge in [-0.05, 0) is 6.42 Å². The Balaban J connectivity index is 2.98. The molecule has 0 aliphatic heterocycles. The van der Waals surface area contributed by atoms with E-state index in [9.17, 15) is 8.76 Å². The van der Waals surface area contributed by atoms with E-state index in [1.165, 1.54) is 116 Å². The van der Waals surface area contributed by atoms with Crippen LogP contribution in [0.5, 0.6) is 0 Å². The Morgan fingerprint density at radius 3 is 1.08 bits per heavy atom. The van der Waals surface area contributed by atoms with Crippen molar-refractivity contribution < 1.29 is 12.9 Å². The van der Waals surface area contributed by atoms with Crippen molar-refractivity contribution >= 4 is 11.4 Å². The minimum atomic E-state index is -2.34. The first-order valence-corrected chi connectivity index (χ1v) is 12.5. The maximum atomic E-state index is 10.2. The van der Waals surface area contributed by atoms with Crippen LogP contribution in [0.15, 0.2) is 0 Å². The van der Waals surface area contributed by atoms with Gasteiger partial charge in [-0.3, -0.25) is 0 Å². The summed E-state index contributed by atoms with van der Waals surface area (Å²) in [5.41, 5.74) is 0. The third-order valence-electron chi connectivity index (χ3n) is 5.18. The van der Waals surface area contributed by atoms with Crippen molar-refractivity contribution in [2.75, 3.05) is 6.61 Å². The number of hydrogen-bond donors (Lipinski definition) is 0. The number of unbranched alkanes of at least 4 members (excludes halogenated alkanes) is 19. The van der Waals surface area contributed by atoms with Crippen molar-refractivity contribution in [3.05, 3.63) is 0 Å². The Hall–Kier alpha value is 0.0700. The van der Waals surface area contributed by atoms with Crippen LogP contribution in [-0.4, -0.2) is 15.4 Å². The van der Waals surface area contributed by atoms with Gasteiger partial charge in [-0.15, -0.1) is 0 Å². The van der Waals surface area contributed by atoms with E-state index in [4.69, 9.17) is 0 Å². The molecular formula is C22H45O3S-. The normalized spacial score (nSPS) is 12.5. The monoisotopic (exact) mass is 389 g/mol. The number of rotatable bonds is 22. The molecule has 0 aliphatic carbocycles. The minimum absolute atomic E-state index is 0.342. The zero-order valence-electron chi connectivity index (χ0n) is 17.5. The summed E-state index contributed by atoms with van der Waals surface area (Å²) < 4.78 is 24.9. The van der Waals surface area contributed by atoms with E-state index < -0.39 is 11.4 Å². The molecule has 0 amide bonds. The lowest BCUT2D eigenvalue weighted by Crippen LogP contribution is -1.97. The van der Waals surface area contributed by atoms with Gasteiger partial charge in [0.15, 0.2) is 0 Å². The second-order valence-corrected chi connectivity index (χ2v) is 8.39. The molecule has 0 radical (unpaired) electrons. The Kier molecular flexibility index (Phi) is 23.2. The molecule has 0 fully saturated rings. The fourth-order valence-corrected chi connectivity index (χ4v) is 3.74. The Labute approximate surface area is 166 Å². The van der Waals surface area contributed by atoms with E-state index in [2.05, 4.69) is 11.1 Å². The van der Waals surface area contributed by atoms with Crippen LogP contribution < -0.4 is 0 Å². The van der Waals surface area contributed by atoms with Crippen LogP contribution in [0.1, 0.15) is 135 Å². The van der Waals surface area contributed by atoms with Gasteiger partial charge in [-0.25, -0.2) is 4.21 Å². The fraction of sp³-hybridized carbons (Fsp3) is 1.00. The van der Waals surface area contributed by atoms with Gasteiger partial charge < -0.3 is 8.74 Å². The maximum Gasteiger partial charge on any atom is 0.0842 e. The highest BCUT2D eigenvalue weighted by Gasteiger charge is 1.95. The van der Waals surface area contributed by atoms with E-state index in [1.807, 2.05) is 0 Å². The minimum Gasteiger partial charge on any atom is -0.750 e. The SMILES string of the molecule is CCCCCCCCCCCCCCCCCCCCCCOS(=O)[O-]. The molecule has 0 saturated carbocycles. The lowest BCUT2D eigenvalue weighted by atomic mass is 10.0. The first-order chi connectivity index (χ1) is 12.8. The van der Waals surface area contributed by atoms with Crippen molar-refractivity contribution in [2.24, 2.45) is 0 Å². The average Bonchev–Trinajstić information content (AvgIpc) is 2.62. The van der Waals surface area contributed by atoms with Gasteiger partial charge >= 0.3 is 0 Å². The summed E-state index contributed by atoms with van der Waals surface area (Å²) in [5, 5.41) is 0. The molecule has 0 spiro atoms. The topological polar surface area (TPSA) is 49.4 Å². The van der Waals surface area contributed by atoms with Crippen LogP contribution >= 0.6 is 0 Å². The molecule has 0 N–H and O–H groups in total. The molecule has 0 aromatic heterocycles. The van der Waals surface area contributed by atoms with Gasteiger partial charge in [-0.1, -0.05) is 129 Å². The van der Waals surface area contributed by atoms with E-state index >= 15 is 0 Å². The standard InChI is InChI=1S/C22H46O3S/c1-2-3-4-5-6-7-8-9-10-11-12-13-14-15-16-17-18-19-20-21-22-25-26(23)24/h2-22H2,1H3,(H,23,24)/p-1. The Bertz CT molecular complexity index is 285. The predicted molar refractivity (Wildman–Crippen MR) is 113 cm³/mol. The first-order valence-electron chi connectivity index (χ1n) is 11.5. The summed E-state index contributed by atoms with van der Waals surface area (Å²) >= 11 is -2.34. The van der Waals surface area contributed by atoms with Gasteiger partial charge in [0.05, 0.1) is 18.0 Å². The molecule has 1 atom stereocenters. The van der Waals surface area contributed by atoms with Crippen LogP contribution in [0.2, 0.25) is 0 Å². The molecule has 1 unspecified atom stereocenters. The largest absolute Gasteiger partial charge is 0.750 e. The third kappa shape index (κ3) is 24.1. The van der Waals surface area contributed by atoms with Gasteiger partial charge in [0.1, 0.15) is 0 Å². The highest BCUT2D eigenvalue weighted by Crippen LogP contribution is 2.14. The summed E-state index contributed by atoms with van der Waals surface area (Å²) in [6, 6.07) is 0. The summed E-state index contributed by atoms with van der Waals surface area (Å²) in [7, 11) is 0. The maximum absolute atomic E-state index is 10.2. The van der Waals surface area contributed by atoms with Crippen LogP contribution in [0.4, 0.5) is 0 Å². The van der Waals surface area contributed by atoms with Crippen molar-refractivity contribution in [1.82, 2.24) is 0 Å². The highest BCUT2D eigenvalue weighted by atomic mass is 32.2. The van der Waals surface area contributed by atoms with Crippen LogP contribution in [-0.2, 0) is 15.5 Å². The van der Waals surface area contributed by atoms with E-state index in [1.54, 1.807) is 0 Å². The van der Waals surface area contributed by atoms with Gasteiger partial charge in [0, 0.05) is 0 Å². The van der Waals surface area contributed by atoms with Gasteiger partial charge in [0.2, 0.25) is 0 Å². The van der Waals surface area contributed by atoms with Gasteiger partial charge in [0.25, 0.3) is 0 Å². The predicted octanol–water partition coefficient (Wildman–Crippen LogP) is 7.62. The second-order valence-electron chi connectivity index (χ2n) is 7.74. The van der Waals surface area contributed by atoms with E-state index in [0.29, 0.717) is 6.61 Å². The van der Waals surface area contributed by atoms with E-state index in [-0.39, 0.29) is 0 Å². The molecule has 158 valence electrons. The van der Waals surface area contributed by atoms with Gasteiger partial charge in [-0.2, -0.15) is 0 Å². The lowest BCUT2D eigenvalue weighted by molar-refractivity contribution is 0.290. The van der Waals surface area contributed by atoms with Crippen molar-refractivity contribution in [3.63, 3.8) is 0 Å².